The first-order valence-corrected chi connectivity index (χ1v) is 8.39. The summed E-state index contributed by atoms with van der Waals surface area (Å²) in [5.41, 5.74) is 1.48. The fraction of sp³-hybridized carbons (Fsp3) is 0.211. The van der Waals surface area contributed by atoms with E-state index in [-0.39, 0.29) is 11.0 Å². The Bertz CT molecular complexity index is 782. The molecule has 0 bridgehead atoms. The molecule has 0 spiro atoms. The van der Waals surface area contributed by atoms with E-state index in [4.69, 9.17) is 22.2 Å². The standard InChI is InChI=1S/C19H19N3O2S/c1-2-3-12-24-16-10-8-14(9-11-16)18(23)22-19(25)21-17-7-5-4-6-15(17)13-20/h4-11H,2-3,12H2,1H3,(H2,21,22,23,25). The minimum Gasteiger partial charge on any atom is -0.494 e. The second kappa shape index (κ2) is 9.40. The highest BCUT2D eigenvalue weighted by Crippen LogP contribution is 2.14. The highest BCUT2D eigenvalue weighted by atomic mass is 32.1. The van der Waals surface area contributed by atoms with Crippen LogP contribution in [0.1, 0.15) is 35.7 Å². The number of nitriles is 1. The largest absolute Gasteiger partial charge is 0.494 e. The summed E-state index contributed by atoms with van der Waals surface area (Å²) >= 11 is 5.14. The van der Waals surface area contributed by atoms with Crippen molar-refractivity contribution in [3.8, 4) is 11.8 Å². The molecular formula is C19H19N3O2S. The average Bonchev–Trinajstić information content (AvgIpc) is 2.63. The van der Waals surface area contributed by atoms with Gasteiger partial charge in [0.05, 0.1) is 17.9 Å². The van der Waals surface area contributed by atoms with E-state index < -0.39 is 0 Å². The number of thiocarbonyl (C=S) groups is 1. The molecule has 2 N–H and O–H groups in total. The molecule has 0 aliphatic carbocycles. The minimum atomic E-state index is -0.327. The van der Waals surface area contributed by atoms with Gasteiger partial charge in [-0.05, 0) is 55.0 Å². The summed E-state index contributed by atoms with van der Waals surface area (Å²) < 4.78 is 5.57. The highest BCUT2D eigenvalue weighted by Gasteiger charge is 2.09. The van der Waals surface area contributed by atoms with Crippen LogP contribution in [0.15, 0.2) is 48.5 Å². The maximum absolute atomic E-state index is 12.2. The van der Waals surface area contributed by atoms with Crippen LogP contribution in [-0.4, -0.2) is 17.6 Å². The van der Waals surface area contributed by atoms with E-state index >= 15 is 0 Å². The van der Waals surface area contributed by atoms with Crippen LogP contribution in [0.5, 0.6) is 5.75 Å². The first kappa shape index (κ1) is 18.4. The molecule has 0 fully saturated rings. The molecule has 0 radical (unpaired) electrons. The monoisotopic (exact) mass is 353 g/mol. The Hall–Kier alpha value is -2.91. The predicted molar refractivity (Wildman–Crippen MR) is 102 cm³/mol. The lowest BCUT2D eigenvalue weighted by Gasteiger charge is -2.11. The normalized spacial score (nSPS) is 9.76. The maximum atomic E-state index is 12.2. The number of carbonyl (C=O) groups excluding carboxylic acids is 1. The molecule has 2 aromatic rings. The van der Waals surface area contributed by atoms with Gasteiger partial charge in [0.2, 0.25) is 0 Å². The Morgan fingerprint density at radius 3 is 2.60 bits per heavy atom. The molecule has 6 heteroatoms. The van der Waals surface area contributed by atoms with Gasteiger partial charge >= 0.3 is 0 Å². The first-order chi connectivity index (χ1) is 12.1. The molecule has 0 aliphatic heterocycles. The molecule has 5 nitrogen and oxygen atoms in total. The van der Waals surface area contributed by atoms with Crippen LogP contribution in [0.25, 0.3) is 0 Å². The lowest BCUT2D eigenvalue weighted by molar-refractivity contribution is 0.0977. The lowest BCUT2D eigenvalue weighted by Crippen LogP contribution is -2.34. The quantitative estimate of drug-likeness (QED) is 0.609. The van der Waals surface area contributed by atoms with Crippen molar-refractivity contribution in [2.24, 2.45) is 0 Å². The number of nitrogens with one attached hydrogen (secondary N) is 2. The number of carbonyl (C=O) groups is 1. The number of anilines is 1. The molecular weight excluding hydrogens is 334 g/mol. The number of ether oxygens (including phenoxy) is 1. The van der Waals surface area contributed by atoms with Gasteiger partial charge in [-0.1, -0.05) is 25.5 Å². The Morgan fingerprint density at radius 2 is 1.92 bits per heavy atom. The SMILES string of the molecule is CCCCOc1ccc(C(=O)NC(=S)Nc2ccccc2C#N)cc1. The van der Waals surface area contributed by atoms with Crippen molar-refractivity contribution >= 4 is 28.9 Å². The minimum absolute atomic E-state index is 0.135. The number of amides is 1. The number of hydrogen-bond donors (Lipinski definition) is 2. The van der Waals surface area contributed by atoms with Crippen molar-refractivity contribution < 1.29 is 9.53 Å². The molecule has 2 rings (SSSR count). The van der Waals surface area contributed by atoms with Gasteiger partial charge in [-0.3, -0.25) is 10.1 Å². The van der Waals surface area contributed by atoms with Crippen molar-refractivity contribution in [1.82, 2.24) is 5.32 Å². The van der Waals surface area contributed by atoms with E-state index in [2.05, 4.69) is 23.6 Å². The van der Waals surface area contributed by atoms with E-state index in [9.17, 15) is 4.79 Å². The van der Waals surface area contributed by atoms with Crippen LogP contribution in [0.4, 0.5) is 5.69 Å². The van der Waals surface area contributed by atoms with Crippen molar-refractivity contribution in [3.63, 3.8) is 0 Å². The second-order valence-electron chi connectivity index (χ2n) is 5.29. The fourth-order valence-electron chi connectivity index (χ4n) is 2.06. The Balaban J connectivity index is 1.92. The van der Waals surface area contributed by atoms with Crippen LogP contribution in [0.2, 0.25) is 0 Å². The summed E-state index contributed by atoms with van der Waals surface area (Å²) in [5.74, 6) is 0.403. The third-order valence-corrected chi connectivity index (χ3v) is 3.61. The van der Waals surface area contributed by atoms with Gasteiger partial charge in [-0.15, -0.1) is 0 Å². The number of hydrogen-bond acceptors (Lipinski definition) is 4. The van der Waals surface area contributed by atoms with E-state index in [0.29, 0.717) is 23.4 Å². The van der Waals surface area contributed by atoms with Crippen molar-refractivity contribution in [2.45, 2.75) is 19.8 Å². The van der Waals surface area contributed by atoms with Crippen LogP contribution >= 0.6 is 12.2 Å². The van der Waals surface area contributed by atoms with Gasteiger partial charge in [-0.25, -0.2) is 0 Å². The van der Waals surface area contributed by atoms with Crippen LogP contribution in [0, 0.1) is 11.3 Å². The molecule has 25 heavy (non-hydrogen) atoms. The van der Waals surface area contributed by atoms with Crippen LogP contribution in [-0.2, 0) is 0 Å². The molecule has 0 aliphatic rings. The predicted octanol–water partition coefficient (Wildman–Crippen LogP) is 3.86. The Morgan fingerprint density at radius 1 is 1.20 bits per heavy atom. The number of nitrogens with zero attached hydrogens (tertiary/aromatic N) is 1. The van der Waals surface area contributed by atoms with Gasteiger partial charge in [0.25, 0.3) is 5.91 Å². The lowest BCUT2D eigenvalue weighted by atomic mass is 10.2. The molecule has 1 amide bonds. The molecule has 0 saturated heterocycles. The number of rotatable bonds is 6. The second-order valence-corrected chi connectivity index (χ2v) is 5.70. The number of unbranched alkanes of at least 4 members (excludes halogenated alkanes) is 1. The van der Waals surface area contributed by atoms with Crippen LogP contribution < -0.4 is 15.4 Å². The van der Waals surface area contributed by atoms with E-state index in [1.54, 1.807) is 48.5 Å². The van der Waals surface area contributed by atoms with Crippen molar-refractivity contribution in [1.29, 1.82) is 5.26 Å². The van der Waals surface area contributed by atoms with Gasteiger partial charge in [0, 0.05) is 5.56 Å². The van der Waals surface area contributed by atoms with Crippen molar-refractivity contribution in [2.75, 3.05) is 11.9 Å². The topological polar surface area (TPSA) is 74.2 Å². The Kier molecular flexibility index (Phi) is 6.93. The summed E-state index contributed by atoms with van der Waals surface area (Å²) in [6.45, 7) is 2.76. The van der Waals surface area contributed by atoms with Crippen LogP contribution in [0.3, 0.4) is 0 Å². The Labute approximate surface area is 152 Å². The van der Waals surface area contributed by atoms with E-state index in [0.717, 1.165) is 18.6 Å². The van der Waals surface area contributed by atoms with E-state index in [1.165, 1.54) is 0 Å². The average molecular weight is 353 g/mol. The van der Waals surface area contributed by atoms with E-state index in [1.807, 2.05) is 0 Å². The number of benzene rings is 2. The smallest absolute Gasteiger partial charge is 0.257 e. The molecule has 0 aromatic heterocycles. The molecule has 0 heterocycles. The number of para-hydroxylation sites is 1. The summed E-state index contributed by atoms with van der Waals surface area (Å²) in [7, 11) is 0. The first-order valence-electron chi connectivity index (χ1n) is 7.98. The summed E-state index contributed by atoms with van der Waals surface area (Å²) in [5, 5.41) is 14.7. The third kappa shape index (κ3) is 5.59. The molecule has 2 aromatic carbocycles. The van der Waals surface area contributed by atoms with Gasteiger partial charge in [-0.2, -0.15) is 5.26 Å². The van der Waals surface area contributed by atoms with Gasteiger partial charge in [0.1, 0.15) is 11.8 Å². The molecule has 0 atom stereocenters. The third-order valence-electron chi connectivity index (χ3n) is 3.41. The molecule has 0 unspecified atom stereocenters. The zero-order valence-electron chi connectivity index (χ0n) is 13.9. The van der Waals surface area contributed by atoms with Gasteiger partial charge in [0.15, 0.2) is 5.11 Å². The summed E-state index contributed by atoms with van der Waals surface area (Å²) in [4.78, 5) is 12.2. The molecule has 128 valence electrons. The molecule has 0 saturated carbocycles. The zero-order chi connectivity index (χ0) is 18.1. The van der Waals surface area contributed by atoms with Crippen molar-refractivity contribution in [3.05, 3.63) is 59.7 Å². The zero-order valence-corrected chi connectivity index (χ0v) is 14.7. The maximum Gasteiger partial charge on any atom is 0.257 e. The summed E-state index contributed by atoms with van der Waals surface area (Å²) in [6.07, 6.45) is 2.06. The highest BCUT2D eigenvalue weighted by molar-refractivity contribution is 7.80. The summed E-state index contributed by atoms with van der Waals surface area (Å²) in [6, 6.07) is 15.9. The van der Waals surface area contributed by atoms with Gasteiger partial charge < -0.3 is 10.1 Å². The fourth-order valence-corrected chi connectivity index (χ4v) is 2.26.